The van der Waals surface area contributed by atoms with Gasteiger partial charge in [-0.15, -0.1) is 0 Å². The number of carboxylic acids is 1. The molecule has 2 heterocycles. The zero-order valence-electron chi connectivity index (χ0n) is 18.5. The van der Waals surface area contributed by atoms with Gasteiger partial charge in [0.2, 0.25) is 0 Å². The maximum atomic E-state index is 11.7. The van der Waals surface area contributed by atoms with Crippen molar-refractivity contribution in [3.8, 4) is 5.75 Å². The summed E-state index contributed by atoms with van der Waals surface area (Å²) in [6, 6.07) is 13.0. The van der Waals surface area contributed by atoms with Crippen molar-refractivity contribution >= 4 is 43.7 Å². The first-order chi connectivity index (χ1) is 15.4. The Kier molecular flexibility index (Phi) is 7.88. The summed E-state index contributed by atoms with van der Waals surface area (Å²) in [6.45, 7) is 10.1. The number of aromatic amines is 1. The van der Waals surface area contributed by atoms with Gasteiger partial charge in [-0.3, -0.25) is 0 Å². The summed E-state index contributed by atoms with van der Waals surface area (Å²) in [4.78, 5) is 21.8. The summed E-state index contributed by atoms with van der Waals surface area (Å²) in [5.41, 5.74) is 2.69. The molecule has 0 amide bonds. The number of pyridine rings is 1. The van der Waals surface area contributed by atoms with Gasteiger partial charge in [0.1, 0.15) is 5.56 Å². The topological polar surface area (TPSA) is 89.5 Å². The third kappa shape index (κ3) is 5.11. The van der Waals surface area contributed by atoms with E-state index in [1.807, 2.05) is 30.5 Å². The minimum atomic E-state index is -1.18. The van der Waals surface area contributed by atoms with E-state index in [1.165, 1.54) is 19.6 Å². The van der Waals surface area contributed by atoms with Crippen molar-refractivity contribution in [1.82, 2.24) is 14.9 Å². The van der Waals surface area contributed by atoms with Crippen molar-refractivity contribution in [1.29, 1.82) is 0 Å². The number of nitrogens with one attached hydrogen (secondary N) is 1. The Bertz CT molecular complexity index is 1230. The highest BCUT2D eigenvalue weighted by Gasteiger charge is 2.21. The Labute approximate surface area is 196 Å². The van der Waals surface area contributed by atoms with Gasteiger partial charge in [0.25, 0.3) is 0 Å². The molecule has 0 saturated carbocycles. The van der Waals surface area contributed by atoms with E-state index in [1.54, 1.807) is 18.2 Å². The highest BCUT2D eigenvalue weighted by atomic mass is 79.9. The van der Waals surface area contributed by atoms with Crippen molar-refractivity contribution < 1.29 is 15.0 Å². The molecule has 7 heteroatoms. The molecule has 0 fully saturated rings. The summed E-state index contributed by atoms with van der Waals surface area (Å²) in [5, 5.41) is 21.5. The van der Waals surface area contributed by atoms with E-state index in [2.05, 4.69) is 51.6 Å². The van der Waals surface area contributed by atoms with Gasteiger partial charge in [-0.1, -0.05) is 54.9 Å². The van der Waals surface area contributed by atoms with Crippen LogP contribution in [0.2, 0.25) is 0 Å². The minimum absolute atomic E-state index is 0.124. The van der Waals surface area contributed by atoms with E-state index >= 15 is 0 Å². The average molecular weight is 498 g/mol. The minimum Gasteiger partial charge on any atom is -0.505 e. The zero-order valence-corrected chi connectivity index (χ0v) is 20.1. The summed E-state index contributed by atoms with van der Waals surface area (Å²) in [5.74, 6) is -1.47. The number of carboxylic acid groups (broad SMARTS) is 1. The number of fused-ring (bicyclic) bond motifs is 2. The number of aromatic carboxylic acids is 1. The van der Waals surface area contributed by atoms with E-state index in [4.69, 9.17) is 0 Å². The van der Waals surface area contributed by atoms with Crippen LogP contribution in [0.15, 0.2) is 53.1 Å². The number of nitrogens with zero attached hydrogens (tertiary/aromatic N) is 2. The maximum absolute atomic E-state index is 11.7. The van der Waals surface area contributed by atoms with Crippen molar-refractivity contribution in [2.45, 2.75) is 27.2 Å². The lowest BCUT2D eigenvalue weighted by atomic mass is 10.0. The van der Waals surface area contributed by atoms with E-state index in [9.17, 15) is 15.0 Å². The number of halogens is 1. The van der Waals surface area contributed by atoms with Gasteiger partial charge < -0.3 is 20.1 Å². The number of benzene rings is 2. The van der Waals surface area contributed by atoms with Crippen LogP contribution >= 0.6 is 15.9 Å². The number of hydrogen-bond donors (Lipinski definition) is 3. The third-order valence-electron chi connectivity index (χ3n) is 5.58. The molecule has 0 unspecified atom stereocenters. The molecule has 4 aromatic rings. The first-order valence-corrected chi connectivity index (χ1v) is 11.5. The molecular weight excluding hydrogens is 470 g/mol. The van der Waals surface area contributed by atoms with E-state index in [0.29, 0.717) is 23.0 Å². The Morgan fingerprint density at radius 1 is 1.06 bits per heavy atom. The van der Waals surface area contributed by atoms with Gasteiger partial charge in [0, 0.05) is 33.4 Å². The van der Waals surface area contributed by atoms with Crippen LogP contribution in [0.1, 0.15) is 42.4 Å². The van der Waals surface area contributed by atoms with Crippen LogP contribution in [0, 0.1) is 0 Å². The Morgan fingerprint density at radius 3 is 2.38 bits per heavy atom. The van der Waals surface area contributed by atoms with Gasteiger partial charge in [-0.25, -0.2) is 9.78 Å². The second-order valence-electron chi connectivity index (χ2n) is 7.40. The zero-order chi connectivity index (χ0) is 23.3. The maximum Gasteiger partial charge on any atom is 0.340 e. The lowest BCUT2D eigenvalue weighted by Crippen LogP contribution is -2.21. The molecule has 2 aromatic carbocycles. The molecule has 0 atom stereocenters. The standard InChI is InChI=1S/C19H13BrN2O3.C6H15N/c20-11-5-6-15-13(8-11)17(19(24)25)18(23)16(22-15)7-10-9-21-14-4-2-1-3-12(10)14;1-4-7(5-2)6-3/h1-6,8-9,21,23H,7H2,(H,24,25);4-6H2,1-3H3. The van der Waals surface area contributed by atoms with E-state index in [0.717, 1.165) is 20.9 Å². The molecule has 0 aliphatic rings. The van der Waals surface area contributed by atoms with E-state index < -0.39 is 5.97 Å². The summed E-state index contributed by atoms with van der Waals surface area (Å²) in [7, 11) is 0. The summed E-state index contributed by atoms with van der Waals surface area (Å²) in [6.07, 6.45) is 2.19. The molecule has 0 aliphatic carbocycles. The predicted molar refractivity (Wildman–Crippen MR) is 133 cm³/mol. The Morgan fingerprint density at radius 2 is 1.75 bits per heavy atom. The fraction of sp³-hybridized carbons (Fsp3) is 0.280. The molecule has 0 aliphatic heterocycles. The monoisotopic (exact) mass is 497 g/mol. The van der Waals surface area contributed by atoms with Gasteiger partial charge in [-0.2, -0.15) is 0 Å². The number of H-pyrrole nitrogens is 1. The van der Waals surface area contributed by atoms with Gasteiger partial charge >= 0.3 is 5.97 Å². The number of carbonyl (C=O) groups is 1. The Hall–Kier alpha value is -2.90. The number of hydrogen-bond acceptors (Lipinski definition) is 4. The molecule has 168 valence electrons. The molecular formula is C25H28BrN3O3. The molecule has 2 aromatic heterocycles. The van der Waals surface area contributed by atoms with Gasteiger partial charge in [0.15, 0.2) is 5.75 Å². The van der Waals surface area contributed by atoms with Crippen LogP contribution in [0.5, 0.6) is 5.75 Å². The number of rotatable bonds is 6. The lowest BCUT2D eigenvalue weighted by Gasteiger charge is -2.13. The molecule has 32 heavy (non-hydrogen) atoms. The smallest absolute Gasteiger partial charge is 0.340 e. The summed E-state index contributed by atoms with van der Waals surface area (Å²) >= 11 is 3.33. The normalized spacial score (nSPS) is 11.0. The van der Waals surface area contributed by atoms with Crippen LogP contribution in [-0.4, -0.2) is 50.7 Å². The predicted octanol–water partition coefficient (Wildman–Crippen LogP) is 5.82. The first kappa shape index (κ1) is 23.8. The Balaban J connectivity index is 0.000000360. The second kappa shape index (κ2) is 10.6. The van der Waals surface area contributed by atoms with Crippen LogP contribution in [0.25, 0.3) is 21.8 Å². The van der Waals surface area contributed by atoms with Crippen molar-refractivity contribution in [3.63, 3.8) is 0 Å². The number of aromatic hydroxyl groups is 1. The largest absolute Gasteiger partial charge is 0.505 e. The average Bonchev–Trinajstić information content (AvgIpc) is 3.19. The van der Waals surface area contributed by atoms with Crippen molar-refractivity contribution in [3.05, 3.63) is 70.0 Å². The second-order valence-corrected chi connectivity index (χ2v) is 8.32. The highest BCUT2D eigenvalue weighted by Crippen LogP contribution is 2.33. The SMILES string of the molecule is CCN(CC)CC.O=C(O)c1c(O)c(Cc2c[nH]c3ccccc23)nc2ccc(Br)cc12. The van der Waals surface area contributed by atoms with Crippen LogP contribution < -0.4 is 0 Å². The van der Waals surface area contributed by atoms with Crippen LogP contribution in [0.3, 0.4) is 0 Å². The van der Waals surface area contributed by atoms with Crippen molar-refractivity contribution in [2.24, 2.45) is 0 Å². The molecule has 6 nitrogen and oxygen atoms in total. The molecule has 0 bridgehead atoms. The fourth-order valence-electron chi connectivity index (χ4n) is 3.75. The lowest BCUT2D eigenvalue weighted by molar-refractivity contribution is 0.0695. The molecule has 0 saturated heterocycles. The quantitative estimate of drug-likeness (QED) is 0.312. The first-order valence-electron chi connectivity index (χ1n) is 10.7. The summed E-state index contributed by atoms with van der Waals surface area (Å²) < 4.78 is 0.730. The van der Waals surface area contributed by atoms with Gasteiger partial charge in [-0.05, 0) is 49.5 Å². The molecule has 0 spiro atoms. The molecule has 4 rings (SSSR count). The van der Waals surface area contributed by atoms with Crippen LogP contribution in [-0.2, 0) is 6.42 Å². The van der Waals surface area contributed by atoms with Crippen LogP contribution in [0.4, 0.5) is 0 Å². The molecule has 0 radical (unpaired) electrons. The number of para-hydroxylation sites is 1. The number of aromatic nitrogens is 2. The fourth-order valence-corrected chi connectivity index (χ4v) is 4.11. The highest BCUT2D eigenvalue weighted by molar-refractivity contribution is 9.10. The van der Waals surface area contributed by atoms with E-state index in [-0.39, 0.29) is 11.3 Å². The van der Waals surface area contributed by atoms with Crippen molar-refractivity contribution in [2.75, 3.05) is 19.6 Å². The van der Waals surface area contributed by atoms with Gasteiger partial charge in [0.05, 0.1) is 11.2 Å². The molecule has 3 N–H and O–H groups in total. The third-order valence-corrected chi connectivity index (χ3v) is 6.08.